The average molecular weight is 509 g/mol. The van der Waals surface area contributed by atoms with Gasteiger partial charge in [-0.25, -0.2) is 13.8 Å². The SMILES string of the molecule is C=CCNC(=O)C(=O)N/N=C/c1ccc(CN(Cc2ccc(C)cc2)S(=O)(=O)c2ccc(C)cc2)o1. The van der Waals surface area contributed by atoms with Gasteiger partial charge in [-0.15, -0.1) is 6.58 Å². The molecule has 188 valence electrons. The van der Waals surface area contributed by atoms with Crippen LogP contribution in [0.4, 0.5) is 0 Å². The summed E-state index contributed by atoms with van der Waals surface area (Å²) in [5.41, 5.74) is 4.96. The zero-order valence-electron chi connectivity index (χ0n) is 20.1. The first-order valence-corrected chi connectivity index (χ1v) is 12.6. The topological polar surface area (TPSA) is 121 Å². The van der Waals surface area contributed by atoms with Gasteiger partial charge in [-0.05, 0) is 43.7 Å². The summed E-state index contributed by atoms with van der Waals surface area (Å²) in [6.07, 6.45) is 2.67. The van der Waals surface area contributed by atoms with Gasteiger partial charge in [0.15, 0.2) is 0 Å². The molecule has 0 aliphatic heterocycles. The summed E-state index contributed by atoms with van der Waals surface area (Å²) in [5.74, 6) is -1.12. The van der Waals surface area contributed by atoms with Crippen molar-refractivity contribution in [1.82, 2.24) is 15.0 Å². The molecule has 9 nitrogen and oxygen atoms in total. The van der Waals surface area contributed by atoms with Crippen molar-refractivity contribution in [3.05, 3.63) is 102 Å². The van der Waals surface area contributed by atoms with Gasteiger partial charge in [-0.1, -0.05) is 53.6 Å². The lowest BCUT2D eigenvalue weighted by Gasteiger charge is -2.21. The quantitative estimate of drug-likeness (QED) is 0.189. The Morgan fingerprint density at radius 1 is 0.944 bits per heavy atom. The number of amides is 2. The van der Waals surface area contributed by atoms with Gasteiger partial charge in [-0.3, -0.25) is 9.59 Å². The number of hydrogen-bond acceptors (Lipinski definition) is 6. The van der Waals surface area contributed by atoms with Crippen molar-refractivity contribution in [3.63, 3.8) is 0 Å². The predicted molar refractivity (Wildman–Crippen MR) is 136 cm³/mol. The number of hydrazone groups is 1. The molecule has 0 radical (unpaired) electrons. The normalized spacial score (nSPS) is 11.5. The van der Waals surface area contributed by atoms with Gasteiger partial charge < -0.3 is 9.73 Å². The lowest BCUT2D eigenvalue weighted by atomic mass is 10.1. The Morgan fingerprint density at radius 3 is 2.22 bits per heavy atom. The van der Waals surface area contributed by atoms with Gasteiger partial charge in [-0.2, -0.15) is 9.41 Å². The molecule has 10 heteroatoms. The average Bonchev–Trinajstić information content (AvgIpc) is 3.30. The highest BCUT2D eigenvalue weighted by Gasteiger charge is 2.26. The molecule has 0 unspecified atom stereocenters. The van der Waals surface area contributed by atoms with Crippen molar-refractivity contribution in [2.24, 2.45) is 5.10 Å². The van der Waals surface area contributed by atoms with Crippen LogP contribution in [-0.2, 0) is 32.7 Å². The molecule has 2 aromatic carbocycles. The van der Waals surface area contributed by atoms with Crippen LogP contribution in [0.1, 0.15) is 28.2 Å². The highest BCUT2D eigenvalue weighted by Crippen LogP contribution is 2.22. The van der Waals surface area contributed by atoms with E-state index in [1.54, 1.807) is 36.4 Å². The molecule has 0 spiro atoms. The van der Waals surface area contributed by atoms with Crippen LogP contribution < -0.4 is 10.7 Å². The van der Waals surface area contributed by atoms with Crippen molar-refractivity contribution in [2.75, 3.05) is 6.54 Å². The van der Waals surface area contributed by atoms with E-state index in [2.05, 4.69) is 22.4 Å². The number of carbonyl (C=O) groups excluding carboxylic acids is 2. The maximum Gasteiger partial charge on any atom is 0.329 e. The second kappa shape index (κ2) is 12.1. The summed E-state index contributed by atoms with van der Waals surface area (Å²) in [4.78, 5) is 23.4. The van der Waals surface area contributed by atoms with E-state index in [1.165, 1.54) is 16.6 Å². The monoisotopic (exact) mass is 508 g/mol. The number of rotatable bonds is 10. The standard InChI is InChI=1S/C26H28N4O5S/c1-4-15-27-25(31)26(32)29-28-16-22-11-12-23(35-22)18-30(17-21-9-5-19(2)6-10-21)36(33,34)24-13-7-20(3)8-14-24/h4-14,16H,1,15,17-18H2,2-3H3,(H,27,31)(H,29,32)/b28-16+. The van der Waals surface area contributed by atoms with Gasteiger partial charge in [0.2, 0.25) is 10.0 Å². The van der Waals surface area contributed by atoms with Crippen LogP contribution >= 0.6 is 0 Å². The first kappa shape index (κ1) is 26.6. The fraction of sp³-hybridized carbons (Fsp3) is 0.192. The van der Waals surface area contributed by atoms with E-state index in [0.29, 0.717) is 5.76 Å². The van der Waals surface area contributed by atoms with E-state index in [4.69, 9.17) is 4.42 Å². The van der Waals surface area contributed by atoms with Crippen LogP contribution in [0, 0.1) is 13.8 Å². The van der Waals surface area contributed by atoms with E-state index in [-0.39, 0.29) is 30.3 Å². The highest BCUT2D eigenvalue weighted by atomic mass is 32.2. The first-order chi connectivity index (χ1) is 17.2. The fourth-order valence-corrected chi connectivity index (χ4v) is 4.55. The molecule has 0 atom stereocenters. The zero-order chi connectivity index (χ0) is 26.1. The number of benzene rings is 2. The number of nitrogens with one attached hydrogen (secondary N) is 2. The Labute approximate surface area is 210 Å². The predicted octanol–water partition coefficient (Wildman–Crippen LogP) is 3.04. The molecule has 0 fully saturated rings. The molecule has 36 heavy (non-hydrogen) atoms. The number of hydrogen-bond donors (Lipinski definition) is 2. The van der Waals surface area contributed by atoms with Crippen molar-refractivity contribution in [2.45, 2.75) is 31.8 Å². The Kier molecular flexibility index (Phi) is 8.93. The summed E-state index contributed by atoms with van der Waals surface area (Å²) in [6.45, 7) is 7.59. The minimum atomic E-state index is -3.83. The van der Waals surface area contributed by atoms with Crippen LogP contribution in [0.25, 0.3) is 0 Å². The molecule has 0 saturated heterocycles. The summed E-state index contributed by atoms with van der Waals surface area (Å²) in [6, 6.07) is 17.5. The third-order valence-corrected chi connectivity index (χ3v) is 6.93. The molecule has 1 heterocycles. The lowest BCUT2D eigenvalue weighted by Crippen LogP contribution is -2.37. The molecule has 0 saturated carbocycles. The van der Waals surface area contributed by atoms with Crippen molar-refractivity contribution in [1.29, 1.82) is 0 Å². The van der Waals surface area contributed by atoms with Crippen molar-refractivity contribution >= 4 is 28.1 Å². The zero-order valence-corrected chi connectivity index (χ0v) is 20.9. The first-order valence-electron chi connectivity index (χ1n) is 11.1. The molecule has 0 bridgehead atoms. The number of aryl methyl sites for hydroxylation is 2. The number of nitrogens with zero attached hydrogens (tertiary/aromatic N) is 2. The Bertz CT molecular complexity index is 1340. The Morgan fingerprint density at radius 2 is 1.58 bits per heavy atom. The Hall–Kier alpha value is -4.02. The molecule has 1 aromatic heterocycles. The Balaban J connectivity index is 1.76. The summed E-state index contributed by atoms with van der Waals surface area (Å²) >= 11 is 0. The fourth-order valence-electron chi connectivity index (χ4n) is 3.16. The highest BCUT2D eigenvalue weighted by molar-refractivity contribution is 7.89. The summed E-state index contributed by atoms with van der Waals surface area (Å²) < 4.78 is 34.0. The minimum absolute atomic E-state index is 0.0196. The van der Waals surface area contributed by atoms with E-state index in [1.807, 2.05) is 38.1 Å². The van der Waals surface area contributed by atoms with Crippen LogP contribution in [-0.4, -0.2) is 37.3 Å². The molecule has 2 N–H and O–H groups in total. The lowest BCUT2D eigenvalue weighted by molar-refractivity contribution is -0.139. The van der Waals surface area contributed by atoms with Crippen LogP contribution in [0.2, 0.25) is 0 Å². The maximum atomic E-state index is 13.5. The second-order valence-corrected chi connectivity index (χ2v) is 10.0. The van der Waals surface area contributed by atoms with Gasteiger partial charge >= 0.3 is 11.8 Å². The summed E-state index contributed by atoms with van der Waals surface area (Å²) in [7, 11) is -3.83. The van der Waals surface area contributed by atoms with Crippen LogP contribution in [0.15, 0.2) is 87.7 Å². The molecule has 0 aliphatic rings. The van der Waals surface area contributed by atoms with E-state index < -0.39 is 21.8 Å². The molecular formula is C26H28N4O5S. The molecular weight excluding hydrogens is 480 g/mol. The van der Waals surface area contributed by atoms with Crippen molar-refractivity contribution < 1.29 is 22.4 Å². The largest absolute Gasteiger partial charge is 0.459 e. The molecule has 2 amide bonds. The van der Waals surface area contributed by atoms with Gasteiger partial charge in [0.05, 0.1) is 17.7 Å². The van der Waals surface area contributed by atoms with E-state index >= 15 is 0 Å². The van der Waals surface area contributed by atoms with E-state index in [9.17, 15) is 18.0 Å². The molecule has 3 rings (SSSR count). The smallest absolute Gasteiger partial charge is 0.329 e. The van der Waals surface area contributed by atoms with Crippen LogP contribution in [0.5, 0.6) is 0 Å². The third-order valence-electron chi connectivity index (χ3n) is 5.12. The van der Waals surface area contributed by atoms with Gasteiger partial charge in [0, 0.05) is 13.1 Å². The molecule has 3 aromatic rings. The van der Waals surface area contributed by atoms with E-state index in [0.717, 1.165) is 16.7 Å². The number of carbonyl (C=O) groups is 2. The third kappa shape index (κ3) is 7.24. The number of sulfonamides is 1. The maximum absolute atomic E-state index is 13.5. The van der Waals surface area contributed by atoms with Gasteiger partial charge in [0.25, 0.3) is 0 Å². The summed E-state index contributed by atoms with van der Waals surface area (Å²) in [5, 5.41) is 6.04. The van der Waals surface area contributed by atoms with Gasteiger partial charge in [0.1, 0.15) is 11.5 Å². The van der Waals surface area contributed by atoms with Crippen molar-refractivity contribution in [3.8, 4) is 0 Å². The van der Waals surface area contributed by atoms with Crippen LogP contribution in [0.3, 0.4) is 0 Å². The minimum Gasteiger partial charge on any atom is -0.459 e. The second-order valence-electron chi connectivity index (χ2n) is 8.07. The number of furan rings is 1. The molecule has 0 aliphatic carbocycles.